The number of aromatic hydroxyl groups is 1. The fraction of sp³-hybridized carbons (Fsp3) is 0.0625. The molecule has 3 rings (SSSR count). The summed E-state index contributed by atoms with van der Waals surface area (Å²) in [6.07, 6.45) is 1.67. The molecule has 0 saturated carbocycles. The number of benzene rings is 2. The van der Waals surface area contributed by atoms with Crippen LogP contribution in [0.5, 0.6) is 11.5 Å². The summed E-state index contributed by atoms with van der Waals surface area (Å²) in [4.78, 5) is 12.1. The second kappa shape index (κ2) is 5.55. The predicted molar refractivity (Wildman–Crippen MR) is 87.6 cm³/mol. The largest absolute Gasteiger partial charge is 0.503 e. The lowest BCUT2D eigenvalue weighted by Gasteiger charge is -2.07. The number of amides is 1. The smallest absolute Gasteiger partial charge is 0.256 e. The van der Waals surface area contributed by atoms with Gasteiger partial charge >= 0.3 is 0 Å². The molecule has 4 nitrogen and oxygen atoms in total. The van der Waals surface area contributed by atoms with Crippen molar-refractivity contribution < 1.29 is 14.6 Å². The fourth-order valence-corrected chi connectivity index (χ4v) is 2.69. The molecular weight excluding hydrogens is 325 g/mol. The van der Waals surface area contributed by atoms with Gasteiger partial charge in [-0.1, -0.05) is 23.2 Å². The molecule has 0 atom stereocenters. The molecule has 1 aliphatic heterocycles. The molecule has 1 amide bonds. The number of halogens is 2. The molecule has 2 aromatic carbocycles. The predicted octanol–water partition coefficient (Wildman–Crippen LogP) is 4.20. The van der Waals surface area contributed by atoms with Crippen molar-refractivity contribution in [2.75, 3.05) is 12.4 Å². The van der Waals surface area contributed by atoms with E-state index in [1.165, 1.54) is 7.11 Å². The lowest BCUT2D eigenvalue weighted by Crippen LogP contribution is -2.03. The van der Waals surface area contributed by atoms with Crippen LogP contribution in [0, 0.1) is 0 Å². The highest BCUT2D eigenvalue weighted by atomic mass is 35.5. The zero-order valence-corrected chi connectivity index (χ0v) is 13.0. The van der Waals surface area contributed by atoms with E-state index in [2.05, 4.69) is 5.32 Å². The molecule has 2 N–H and O–H groups in total. The van der Waals surface area contributed by atoms with Gasteiger partial charge in [-0.25, -0.2) is 0 Å². The highest BCUT2D eigenvalue weighted by Gasteiger charge is 2.24. The van der Waals surface area contributed by atoms with Gasteiger partial charge in [0.1, 0.15) is 0 Å². The number of ether oxygens (including phenoxy) is 1. The number of methoxy groups -OCH3 is 1. The molecule has 0 bridgehead atoms. The Bertz CT molecular complexity index is 815. The third kappa shape index (κ3) is 2.51. The minimum absolute atomic E-state index is 0.134. The van der Waals surface area contributed by atoms with Gasteiger partial charge in [-0.3, -0.25) is 4.79 Å². The van der Waals surface area contributed by atoms with E-state index in [0.29, 0.717) is 21.8 Å². The summed E-state index contributed by atoms with van der Waals surface area (Å²) in [7, 11) is 1.43. The van der Waals surface area contributed by atoms with Crippen molar-refractivity contribution >= 4 is 46.4 Å². The maximum Gasteiger partial charge on any atom is 0.256 e. The van der Waals surface area contributed by atoms with E-state index in [0.717, 1.165) is 5.56 Å². The minimum Gasteiger partial charge on any atom is -0.503 e. The Morgan fingerprint density at radius 3 is 2.73 bits per heavy atom. The number of phenols is 1. The van der Waals surface area contributed by atoms with E-state index in [9.17, 15) is 9.90 Å². The first kappa shape index (κ1) is 14.8. The summed E-state index contributed by atoms with van der Waals surface area (Å²) in [5.41, 5.74) is 2.54. The zero-order valence-electron chi connectivity index (χ0n) is 11.5. The van der Waals surface area contributed by atoms with E-state index in [1.54, 1.807) is 36.4 Å². The number of fused-ring (bicyclic) bond motifs is 1. The van der Waals surface area contributed by atoms with Crippen molar-refractivity contribution in [3.8, 4) is 11.5 Å². The molecule has 0 unspecified atom stereocenters. The van der Waals surface area contributed by atoms with Crippen LogP contribution in [0.3, 0.4) is 0 Å². The number of rotatable bonds is 2. The number of carbonyl (C=O) groups excluding carboxylic acids is 1. The van der Waals surface area contributed by atoms with Crippen LogP contribution in [0.15, 0.2) is 30.3 Å². The molecular formula is C16H11Cl2NO3. The molecule has 0 radical (unpaired) electrons. The Hall–Kier alpha value is -2.17. The van der Waals surface area contributed by atoms with E-state index >= 15 is 0 Å². The Balaban J connectivity index is 2.12. The van der Waals surface area contributed by atoms with Crippen molar-refractivity contribution in [3.63, 3.8) is 0 Å². The number of phenolic OH excluding ortho intramolecular Hbond substituents is 1. The molecule has 22 heavy (non-hydrogen) atoms. The Labute approximate surface area is 136 Å². The molecule has 0 fully saturated rings. The van der Waals surface area contributed by atoms with Gasteiger partial charge in [0.2, 0.25) is 0 Å². The first-order chi connectivity index (χ1) is 10.5. The van der Waals surface area contributed by atoms with Gasteiger partial charge in [0.05, 0.1) is 12.1 Å². The van der Waals surface area contributed by atoms with Crippen molar-refractivity contribution in [2.24, 2.45) is 0 Å². The van der Waals surface area contributed by atoms with Crippen LogP contribution in [0.4, 0.5) is 5.69 Å². The topological polar surface area (TPSA) is 58.6 Å². The van der Waals surface area contributed by atoms with Crippen molar-refractivity contribution in [2.45, 2.75) is 0 Å². The summed E-state index contributed by atoms with van der Waals surface area (Å²) in [6.45, 7) is 0. The number of hydrogen-bond acceptors (Lipinski definition) is 3. The highest BCUT2D eigenvalue weighted by molar-refractivity contribution is 6.37. The van der Waals surface area contributed by atoms with Crippen molar-refractivity contribution in [1.82, 2.24) is 0 Å². The van der Waals surface area contributed by atoms with E-state index in [-0.39, 0.29) is 22.4 Å². The van der Waals surface area contributed by atoms with Crippen LogP contribution >= 0.6 is 23.2 Å². The average Bonchev–Trinajstić information content (AvgIpc) is 2.78. The van der Waals surface area contributed by atoms with Crippen LogP contribution in [0.2, 0.25) is 10.0 Å². The SMILES string of the molecule is COc1cc(/C=C2\C(=O)Nc3ccc(Cl)cc32)cc(Cl)c1O. The average molecular weight is 336 g/mol. The lowest BCUT2D eigenvalue weighted by atomic mass is 10.0. The minimum atomic E-state index is -0.222. The maximum absolute atomic E-state index is 12.1. The van der Waals surface area contributed by atoms with Crippen LogP contribution in [0.1, 0.15) is 11.1 Å². The molecule has 1 heterocycles. The Kier molecular flexibility index (Phi) is 3.72. The fourth-order valence-electron chi connectivity index (χ4n) is 2.30. The van der Waals surface area contributed by atoms with Gasteiger partial charge < -0.3 is 15.2 Å². The lowest BCUT2D eigenvalue weighted by molar-refractivity contribution is -0.110. The van der Waals surface area contributed by atoms with Crippen molar-refractivity contribution in [3.05, 3.63) is 51.5 Å². The van der Waals surface area contributed by atoms with Crippen LogP contribution in [0.25, 0.3) is 11.6 Å². The second-order valence-corrected chi connectivity index (χ2v) is 5.60. The normalized spacial score (nSPS) is 14.9. The van der Waals surface area contributed by atoms with Gasteiger partial charge in [-0.15, -0.1) is 0 Å². The number of hydrogen-bond donors (Lipinski definition) is 2. The van der Waals surface area contributed by atoms with E-state index in [4.69, 9.17) is 27.9 Å². The number of carbonyl (C=O) groups is 1. The molecule has 112 valence electrons. The quantitative estimate of drug-likeness (QED) is 0.808. The van der Waals surface area contributed by atoms with Gasteiger partial charge in [0, 0.05) is 21.8 Å². The first-order valence-corrected chi connectivity index (χ1v) is 7.14. The number of nitrogens with one attached hydrogen (secondary N) is 1. The van der Waals surface area contributed by atoms with Crippen molar-refractivity contribution in [1.29, 1.82) is 0 Å². The standard InChI is InChI=1S/C16H11Cl2NO3/c1-22-14-6-8(5-12(18)15(14)20)4-11-10-7-9(17)2-3-13(10)19-16(11)21/h2-7,20H,1H3,(H,19,21)/b11-4-. The van der Waals surface area contributed by atoms with E-state index in [1.807, 2.05) is 0 Å². The summed E-state index contributed by atoms with van der Waals surface area (Å²) in [6, 6.07) is 8.34. The maximum atomic E-state index is 12.1. The summed E-state index contributed by atoms with van der Waals surface area (Å²) in [5, 5.41) is 13.2. The molecule has 0 saturated heterocycles. The van der Waals surface area contributed by atoms with E-state index < -0.39 is 0 Å². The van der Waals surface area contributed by atoms with Crippen LogP contribution in [-0.2, 0) is 4.79 Å². The zero-order chi connectivity index (χ0) is 15.9. The molecule has 6 heteroatoms. The third-order valence-corrected chi connectivity index (χ3v) is 3.87. The summed E-state index contributed by atoms with van der Waals surface area (Å²) < 4.78 is 5.06. The molecule has 0 aromatic heterocycles. The van der Waals surface area contributed by atoms with Crippen LogP contribution in [-0.4, -0.2) is 18.1 Å². The molecule has 2 aromatic rings. The molecule has 0 spiro atoms. The monoisotopic (exact) mass is 335 g/mol. The van der Waals surface area contributed by atoms with Crippen LogP contribution < -0.4 is 10.1 Å². The highest BCUT2D eigenvalue weighted by Crippen LogP contribution is 2.38. The molecule has 1 aliphatic rings. The number of anilines is 1. The van der Waals surface area contributed by atoms with Gasteiger partial charge in [-0.2, -0.15) is 0 Å². The Morgan fingerprint density at radius 1 is 1.23 bits per heavy atom. The van der Waals surface area contributed by atoms with Gasteiger partial charge in [0.15, 0.2) is 11.5 Å². The Morgan fingerprint density at radius 2 is 2.00 bits per heavy atom. The first-order valence-electron chi connectivity index (χ1n) is 6.39. The summed E-state index contributed by atoms with van der Waals surface area (Å²) in [5.74, 6) is -0.116. The summed E-state index contributed by atoms with van der Waals surface area (Å²) >= 11 is 12.0. The van der Waals surface area contributed by atoms with Gasteiger partial charge in [-0.05, 0) is 42.0 Å². The molecule has 0 aliphatic carbocycles. The second-order valence-electron chi connectivity index (χ2n) is 4.76. The third-order valence-electron chi connectivity index (χ3n) is 3.35. The van der Waals surface area contributed by atoms with Gasteiger partial charge in [0.25, 0.3) is 5.91 Å².